The molecule has 0 spiro atoms. The molecule has 0 aromatic carbocycles. The van der Waals surface area contributed by atoms with Crippen LogP contribution in [0.25, 0.3) is 0 Å². The maximum Gasteiger partial charge on any atom is 0.240 e. The van der Waals surface area contributed by atoms with Crippen molar-refractivity contribution in [3.63, 3.8) is 0 Å². The average molecular weight is 247 g/mol. The monoisotopic (exact) mass is 246 g/mol. The number of hydrogen-bond acceptors (Lipinski definition) is 5. The Kier molecular flexibility index (Phi) is 4.70. The summed E-state index contributed by atoms with van der Waals surface area (Å²) in [6.07, 6.45) is 1.25. The quantitative estimate of drug-likeness (QED) is 0.868. The molecular formula is C10H19ClN4O. The van der Waals surface area contributed by atoms with Gasteiger partial charge in [0.25, 0.3) is 0 Å². The van der Waals surface area contributed by atoms with Gasteiger partial charge in [-0.05, 0) is 25.8 Å². The molecule has 0 saturated carbocycles. The van der Waals surface area contributed by atoms with Crippen LogP contribution >= 0.6 is 12.4 Å². The SMILES string of the molecule is CC1CCN(Cc2noc(CN)n2)C1C.Cl. The van der Waals surface area contributed by atoms with Gasteiger partial charge in [0.2, 0.25) is 5.89 Å². The second kappa shape index (κ2) is 5.61. The van der Waals surface area contributed by atoms with Crippen molar-refractivity contribution in [3.8, 4) is 0 Å². The number of rotatable bonds is 3. The lowest BCUT2D eigenvalue weighted by Crippen LogP contribution is -2.29. The molecule has 0 aliphatic carbocycles. The van der Waals surface area contributed by atoms with Crippen molar-refractivity contribution in [1.82, 2.24) is 15.0 Å². The Balaban J connectivity index is 0.00000128. The van der Waals surface area contributed by atoms with Crippen LogP contribution in [0.1, 0.15) is 32.0 Å². The standard InChI is InChI=1S/C10H18N4O.ClH/c1-7-3-4-14(8(7)2)6-9-12-10(5-11)15-13-9;/h7-8H,3-6,11H2,1-2H3;1H. The summed E-state index contributed by atoms with van der Waals surface area (Å²) in [7, 11) is 0. The van der Waals surface area contributed by atoms with Crippen molar-refractivity contribution in [1.29, 1.82) is 0 Å². The highest BCUT2D eigenvalue weighted by molar-refractivity contribution is 5.85. The Labute approximate surface area is 102 Å². The Morgan fingerprint density at radius 2 is 2.25 bits per heavy atom. The number of likely N-dealkylation sites (tertiary alicyclic amines) is 1. The molecule has 1 aromatic rings. The van der Waals surface area contributed by atoms with Gasteiger partial charge in [-0.1, -0.05) is 12.1 Å². The number of hydrogen-bond donors (Lipinski definition) is 1. The number of nitrogens with zero attached hydrogens (tertiary/aromatic N) is 3. The second-order valence-corrected chi connectivity index (χ2v) is 4.29. The molecule has 2 heterocycles. The summed E-state index contributed by atoms with van der Waals surface area (Å²) in [6.45, 7) is 6.75. The van der Waals surface area contributed by atoms with E-state index in [4.69, 9.17) is 10.3 Å². The van der Waals surface area contributed by atoms with Crippen LogP contribution in [-0.4, -0.2) is 27.6 Å². The van der Waals surface area contributed by atoms with Gasteiger partial charge in [-0.3, -0.25) is 4.90 Å². The fraction of sp³-hybridized carbons (Fsp3) is 0.800. The van der Waals surface area contributed by atoms with Crippen LogP contribution in [0.15, 0.2) is 4.52 Å². The normalized spacial score (nSPS) is 25.7. The number of aromatic nitrogens is 2. The second-order valence-electron chi connectivity index (χ2n) is 4.29. The predicted octanol–water partition coefficient (Wildman–Crippen LogP) is 1.18. The van der Waals surface area contributed by atoms with E-state index in [-0.39, 0.29) is 12.4 Å². The van der Waals surface area contributed by atoms with E-state index < -0.39 is 0 Å². The summed E-state index contributed by atoms with van der Waals surface area (Å²) in [6, 6.07) is 0.602. The maximum atomic E-state index is 5.41. The third-order valence-electron chi connectivity index (χ3n) is 3.30. The van der Waals surface area contributed by atoms with Gasteiger partial charge >= 0.3 is 0 Å². The van der Waals surface area contributed by atoms with E-state index in [2.05, 4.69) is 28.9 Å². The third-order valence-corrected chi connectivity index (χ3v) is 3.30. The molecule has 1 saturated heterocycles. The van der Waals surface area contributed by atoms with Crippen molar-refractivity contribution in [2.75, 3.05) is 6.54 Å². The molecule has 2 unspecified atom stereocenters. The molecule has 6 heteroatoms. The van der Waals surface area contributed by atoms with Gasteiger partial charge in [-0.15, -0.1) is 12.4 Å². The predicted molar refractivity (Wildman–Crippen MR) is 63.1 cm³/mol. The molecule has 2 atom stereocenters. The van der Waals surface area contributed by atoms with Crippen LogP contribution < -0.4 is 5.73 Å². The van der Waals surface area contributed by atoms with Gasteiger partial charge < -0.3 is 10.3 Å². The molecule has 2 rings (SSSR count). The lowest BCUT2D eigenvalue weighted by molar-refractivity contribution is 0.230. The molecule has 0 amide bonds. The first-order valence-electron chi connectivity index (χ1n) is 5.46. The molecule has 0 bridgehead atoms. The molecular weight excluding hydrogens is 228 g/mol. The summed E-state index contributed by atoms with van der Waals surface area (Å²) in [5.41, 5.74) is 5.41. The molecule has 0 radical (unpaired) electrons. The largest absolute Gasteiger partial charge is 0.338 e. The van der Waals surface area contributed by atoms with Crippen molar-refractivity contribution < 1.29 is 4.52 Å². The molecule has 5 nitrogen and oxygen atoms in total. The van der Waals surface area contributed by atoms with E-state index in [1.807, 2.05) is 0 Å². The zero-order chi connectivity index (χ0) is 10.8. The summed E-state index contributed by atoms with van der Waals surface area (Å²) < 4.78 is 4.97. The number of halogens is 1. The van der Waals surface area contributed by atoms with Crippen LogP contribution in [0.2, 0.25) is 0 Å². The Hall–Kier alpha value is -0.650. The topological polar surface area (TPSA) is 68.2 Å². The average Bonchev–Trinajstić information content (AvgIpc) is 2.80. The lowest BCUT2D eigenvalue weighted by Gasteiger charge is -2.20. The zero-order valence-corrected chi connectivity index (χ0v) is 10.5. The van der Waals surface area contributed by atoms with E-state index in [1.165, 1.54) is 6.42 Å². The van der Waals surface area contributed by atoms with Crippen LogP contribution in [0, 0.1) is 5.92 Å². The first-order chi connectivity index (χ1) is 7.20. The first kappa shape index (κ1) is 13.4. The van der Waals surface area contributed by atoms with E-state index in [0.29, 0.717) is 18.5 Å². The minimum absolute atomic E-state index is 0. The Morgan fingerprint density at radius 3 is 2.75 bits per heavy atom. The van der Waals surface area contributed by atoms with Gasteiger partial charge in [0.1, 0.15) is 0 Å². The van der Waals surface area contributed by atoms with Gasteiger partial charge in [0.15, 0.2) is 5.82 Å². The molecule has 1 aliphatic heterocycles. The summed E-state index contributed by atoms with van der Waals surface area (Å²) in [5.74, 6) is 2.02. The zero-order valence-electron chi connectivity index (χ0n) is 9.72. The summed E-state index contributed by atoms with van der Waals surface area (Å²) >= 11 is 0. The minimum Gasteiger partial charge on any atom is -0.338 e. The lowest BCUT2D eigenvalue weighted by atomic mass is 10.1. The van der Waals surface area contributed by atoms with Crippen molar-refractivity contribution in [2.24, 2.45) is 11.7 Å². The Bertz CT molecular complexity index is 330. The van der Waals surface area contributed by atoms with Crippen LogP contribution in [0.5, 0.6) is 0 Å². The fourth-order valence-corrected chi connectivity index (χ4v) is 2.02. The van der Waals surface area contributed by atoms with E-state index in [0.717, 1.165) is 24.8 Å². The third kappa shape index (κ3) is 2.72. The highest BCUT2D eigenvalue weighted by atomic mass is 35.5. The van der Waals surface area contributed by atoms with E-state index in [9.17, 15) is 0 Å². The fourth-order valence-electron chi connectivity index (χ4n) is 2.02. The van der Waals surface area contributed by atoms with Crippen LogP contribution in [-0.2, 0) is 13.1 Å². The molecule has 2 N–H and O–H groups in total. The van der Waals surface area contributed by atoms with E-state index in [1.54, 1.807) is 0 Å². The molecule has 92 valence electrons. The van der Waals surface area contributed by atoms with Crippen LogP contribution in [0.3, 0.4) is 0 Å². The first-order valence-corrected chi connectivity index (χ1v) is 5.46. The minimum atomic E-state index is 0. The number of nitrogens with two attached hydrogens (primary N) is 1. The maximum absolute atomic E-state index is 5.41. The molecule has 1 fully saturated rings. The highest BCUT2D eigenvalue weighted by Crippen LogP contribution is 2.24. The summed E-state index contributed by atoms with van der Waals surface area (Å²) in [4.78, 5) is 6.59. The van der Waals surface area contributed by atoms with Crippen molar-refractivity contribution >= 4 is 12.4 Å². The van der Waals surface area contributed by atoms with Gasteiger partial charge in [-0.25, -0.2) is 0 Å². The molecule has 16 heavy (non-hydrogen) atoms. The van der Waals surface area contributed by atoms with Gasteiger partial charge in [0.05, 0.1) is 13.1 Å². The van der Waals surface area contributed by atoms with E-state index >= 15 is 0 Å². The smallest absolute Gasteiger partial charge is 0.240 e. The molecule has 1 aromatic heterocycles. The van der Waals surface area contributed by atoms with Crippen LogP contribution in [0.4, 0.5) is 0 Å². The van der Waals surface area contributed by atoms with Crippen molar-refractivity contribution in [3.05, 3.63) is 11.7 Å². The Morgan fingerprint density at radius 1 is 1.50 bits per heavy atom. The van der Waals surface area contributed by atoms with Gasteiger partial charge in [0, 0.05) is 6.04 Å². The molecule has 1 aliphatic rings. The van der Waals surface area contributed by atoms with Gasteiger partial charge in [-0.2, -0.15) is 4.98 Å². The highest BCUT2D eigenvalue weighted by Gasteiger charge is 2.28. The van der Waals surface area contributed by atoms with Crippen molar-refractivity contribution in [2.45, 2.75) is 39.4 Å². The summed E-state index contributed by atoms with van der Waals surface area (Å²) in [5, 5.41) is 3.90.